The van der Waals surface area contributed by atoms with E-state index >= 15 is 0 Å². The fraction of sp³-hybridized carbons (Fsp3) is 0.391. The number of carbonyl (C=O) groups excluding carboxylic acids is 1. The number of hydrogen-bond donors (Lipinski definition) is 1. The lowest BCUT2D eigenvalue weighted by Gasteiger charge is -2.25. The molecule has 0 unspecified atom stereocenters. The third kappa shape index (κ3) is 4.60. The maximum absolute atomic E-state index is 13.3. The van der Waals surface area contributed by atoms with E-state index in [0.717, 1.165) is 28.9 Å². The van der Waals surface area contributed by atoms with Gasteiger partial charge in [-0.1, -0.05) is 12.1 Å². The van der Waals surface area contributed by atoms with E-state index in [1.54, 1.807) is 6.20 Å². The molecule has 1 amide bonds. The molecule has 0 saturated heterocycles. The van der Waals surface area contributed by atoms with Crippen molar-refractivity contribution in [2.75, 3.05) is 27.2 Å². The Bertz CT molecular complexity index is 960. The first kappa shape index (κ1) is 20.1. The zero-order valence-electron chi connectivity index (χ0n) is 17.5. The number of aryl methyl sites for hydroxylation is 3. The first-order valence-electron chi connectivity index (χ1n) is 9.75. The Labute approximate surface area is 167 Å². The number of aromatic nitrogens is 2. The Balaban J connectivity index is 1.87. The van der Waals surface area contributed by atoms with Crippen molar-refractivity contribution < 1.29 is 4.79 Å². The van der Waals surface area contributed by atoms with Crippen LogP contribution >= 0.6 is 0 Å². The van der Waals surface area contributed by atoms with E-state index in [2.05, 4.69) is 47.8 Å². The number of pyridine rings is 1. The Morgan fingerprint density at radius 1 is 1.14 bits per heavy atom. The third-order valence-electron chi connectivity index (χ3n) is 5.15. The number of fused-ring (bicyclic) bond motifs is 1. The molecule has 5 nitrogen and oxygen atoms in total. The highest BCUT2D eigenvalue weighted by atomic mass is 16.2. The molecule has 0 atom stereocenters. The van der Waals surface area contributed by atoms with Crippen LogP contribution in [0.5, 0.6) is 0 Å². The summed E-state index contributed by atoms with van der Waals surface area (Å²) >= 11 is 0. The van der Waals surface area contributed by atoms with Crippen LogP contribution in [0.4, 0.5) is 0 Å². The van der Waals surface area contributed by atoms with Gasteiger partial charge in [-0.2, -0.15) is 0 Å². The van der Waals surface area contributed by atoms with Gasteiger partial charge in [0.15, 0.2) is 0 Å². The van der Waals surface area contributed by atoms with Crippen molar-refractivity contribution in [2.24, 2.45) is 0 Å². The second-order valence-corrected chi connectivity index (χ2v) is 7.89. The standard InChI is InChI=1S/C23H30N4O/c1-16-11-17(2)23-20(18(3)25-21(23)12-16)13-22(28)27(10-9-26(4)5)15-19-7-6-8-24-14-19/h6-8,11-12,14,25H,9-10,13,15H2,1-5H3. The molecule has 148 valence electrons. The number of amides is 1. The van der Waals surface area contributed by atoms with Crippen LogP contribution in [0.2, 0.25) is 0 Å². The molecule has 3 rings (SSSR count). The van der Waals surface area contributed by atoms with Crippen molar-refractivity contribution in [1.29, 1.82) is 0 Å². The third-order valence-corrected chi connectivity index (χ3v) is 5.15. The van der Waals surface area contributed by atoms with Crippen molar-refractivity contribution in [1.82, 2.24) is 19.8 Å². The lowest BCUT2D eigenvalue weighted by Crippen LogP contribution is -2.37. The molecule has 0 radical (unpaired) electrons. The van der Waals surface area contributed by atoms with E-state index in [4.69, 9.17) is 0 Å². The smallest absolute Gasteiger partial charge is 0.227 e. The number of likely N-dealkylation sites (N-methyl/N-ethyl adjacent to an activating group) is 1. The minimum atomic E-state index is 0.148. The first-order chi connectivity index (χ1) is 13.3. The van der Waals surface area contributed by atoms with Crippen LogP contribution in [0, 0.1) is 20.8 Å². The minimum absolute atomic E-state index is 0.148. The summed E-state index contributed by atoms with van der Waals surface area (Å²) in [7, 11) is 4.06. The van der Waals surface area contributed by atoms with Crippen molar-refractivity contribution in [3.8, 4) is 0 Å². The second kappa shape index (κ2) is 8.57. The largest absolute Gasteiger partial charge is 0.358 e. The Hall–Kier alpha value is -2.66. The highest BCUT2D eigenvalue weighted by molar-refractivity contribution is 5.92. The molecular formula is C23H30N4O. The summed E-state index contributed by atoms with van der Waals surface area (Å²) in [6.45, 7) is 8.39. The quantitative estimate of drug-likeness (QED) is 0.683. The van der Waals surface area contributed by atoms with Gasteiger partial charge < -0.3 is 14.8 Å². The van der Waals surface area contributed by atoms with Crippen LogP contribution in [-0.4, -0.2) is 52.9 Å². The average Bonchev–Trinajstić information content (AvgIpc) is 2.94. The van der Waals surface area contributed by atoms with E-state index in [-0.39, 0.29) is 5.91 Å². The van der Waals surface area contributed by atoms with Gasteiger partial charge >= 0.3 is 0 Å². The summed E-state index contributed by atoms with van der Waals surface area (Å²) in [5, 5.41) is 1.19. The number of hydrogen-bond acceptors (Lipinski definition) is 3. The number of rotatable bonds is 7. The van der Waals surface area contributed by atoms with Crippen molar-refractivity contribution in [3.63, 3.8) is 0 Å². The summed E-state index contributed by atoms with van der Waals surface area (Å²) in [4.78, 5) is 25.0. The monoisotopic (exact) mass is 378 g/mol. The SMILES string of the molecule is Cc1cc(C)c2c(CC(=O)N(CCN(C)C)Cc3cccnc3)c(C)[nH]c2c1. The molecule has 5 heteroatoms. The summed E-state index contributed by atoms with van der Waals surface area (Å²) < 4.78 is 0. The van der Waals surface area contributed by atoms with Crippen LogP contribution in [0.1, 0.15) is 27.9 Å². The van der Waals surface area contributed by atoms with Crippen molar-refractivity contribution >= 4 is 16.8 Å². The lowest BCUT2D eigenvalue weighted by molar-refractivity contribution is -0.131. The van der Waals surface area contributed by atoms with Gasteiger partial charge in [-0.25, -0.2) is 0 Å². The van der Waals surface area contributed by atoms with E-state index in [1.165, 1.54) is 16.5 Å². The van der Waals surface area contributed by atoms with E-state index < -0.39 is 0 Å². The first-order valence-corrected chi connectivity index (χ1v) is 9.75. The number of nitrogens with zero attached hydrogens (tertiary/aromatic N) is 3. The number of aromatic amines is 1. The predicted octanol–water partition coefficient (Wildman–Crippen LogP) is 3.62. The molecule has 0 saturated carbocycles. The molecule has 2 heterocycles. The predicted molar refractivity (Wildman–Crippen MR) is 114 cm³/mol. The molecule has 1 aromatic carbocycles. The summed E-state index contributed by atoms with van der Waals surface area (Å²) in [6.07, 6.45) is 4.00. The number of benzene rings is 1. The van der Waals surface area contributed by atoms with Crippen LogP contribution in [0.3, 0.4) is 0 Å². The van der Waals surface area contributed by atoms with Gasteiger partial charge in [0, 0.05) is 48.6 Å². The number of carbonyl (C=O) groups is 1. The molecule has 0 bridgehead atoms. The molecule has 3 aromatic rings. The van der Waals surface area contributed by atoms with Crippen LogP contribution in [0.25, 0.3) is 10.9 Å². The van der Waals surface area contributed by atoms with Crippen LogP contribution < -0.4 is 0 Å². The van der Waals surface area contributed by atoms with E-state index in [1.807, 2.05) is 37.3 Å². The summed E-state index contributed by atoms with van der Waals surface area (Å²) in [6, 6.07) is 8.28. The minimum Gasteiger partial charge on any atom is -0.358 e. The molecule has 28 heavy (non-hydrogen) atoms. The molecule has 0 aliphatic carbocycles. The average molecular weight is 379 g/mol. The van der Waals surface area contributed by atoms with Crippen molar-refractivity contribution in [2.45, 2.75) is 33.7 Å². The van der Waals surface area contributed by atoms with Crippen LogP contribution in [-0.2, 0) is 17.8 Å². The Morgan fingerprint density at radius 2 is 1.93 bits per heavy atom. The Kier molecular flexibility index (Phi) is 6.15. The van der Waals surface area contributed by atoms with Gasteiger partial charge in [-0.05, 0) is 69.3 Å². The second-order valence-electron chi connectivity index (χ2n) is 7.89. The highest BCUT2D eigenvalue weighted by Crippen LogP contribution is 2.27. The van der Waals surface area contributed by atoms with Crippen molar-refractivity contribution in [3.05, 3.63) is 64.6 Å². The van der Waals surface area contributed by atoms with E-state index in [0.29, 0.717) is 19.5 Å². The zero-order chi connectivity index (χ0) is 20.3. The topological polar surface area (TPSA) is 52.2 Å². The zero-order valence-corrected chi connectivity index (χ0v) is 17.5. The van der Waals surface area contributed by atoms with Gasteiger partial charge in [0.1, 0.15) is 0 Å². The van der Waals surface area contributed by atoms with Gasteiger partial charge in [-0.3, -0.25) is 9.78 Å². The lowest BCUT2D eigenvalue weighted by atomic mass is 10.0. The number of H-pyrrole nitrogens is 1. The van der Waals surface area contributed by atoms with E-state index in [9.17, 15) is 4.79 Å². The van der Waals surface area contributed by atoms with Gasteiger partial charge in [-0.15, -0.1) is 0 Å². The fourth-order valence-corrected chi connectivity index (χ4v) is 3.74. The maximum Gasteiger partial charge on any atom is 0.227 e. The molecule has 0 aliphatic rings. The summed E-state index contributed by atoms with van der Waals surface area (Å²) in [5.41, 5.74) is 6.80. The molecule has 1 N–H and O–H groups in total. The molecule has 2 aromatic heterocycles. The molecule has 0 spiro atoms. The highest BCUT2D eigenvalue weighted by Gasteiger charge is 2.19. The molecule has 0 fully saturated rings. The number of nitrogens with one attached hydrogen (secondary N) is 1. The maximum atomic E-state index is 13.3. The molecular weight excluding hydrogens is 348 g/mol. The molecule has 0 aliphatic heterocycles. The van der Waals surface area contributed by atoms with Gasteiger partial charge in [0.25, 0.3) is 0 Å². The van der Waals surface area contributed by atoms with Gasteiger partial charge in [0.2, 0.25) is 5.91 Å². The summed E-state index contributed by atoms with van der Waals surface area (Å²) in [5.74, 6) is 0.148. The van der Waals surface area contributed by atoms with Crippen LogP contribution in [0.15, 0.2) is 36.7 Å². The Morgan fingerprint density at radius 3 is 2.61 bits per heavy atom. The van der Waals surface area contributed by atoms with Gasteiger partial charge in [0.05, 0.1) is 6.42 Å². The normalized spacial score (nSPS) is 11.4. The fourth-order valence-electron chi connectivity index (χ4n) is 3.74.